The van der Waals surface area contributed by atoms with Crippen LogP contribution in [0.1, 0.15) is 27.2 Å². The smallest absolute Gasteiger partial charge is 0.260 e. The number of nitrogens with zero attached hydrogens (tertiary/aromatic N) is 6. The summed E-state index contributed by atoms with van der Waals surface area (Å²) in [5.41, 5.74) is 4.88. The minimum atomic E-state index is -0.387. The van der Waals surface area contributed by atoms with Gasteiger partial charge in [-0.05, 0) is 62.2 Å². The highest BCUT2D eigenvalue weighted by Crippen LogP contribution is 2.27. The molecule has 0 aliphatic heterocycles. The van der Waals surface area contributed by atoms with Crippen molar-refractivity contribution in [2.24, 2.45) is 0 Å². The maximum Gasteiger partial charge on any atom is 0.260 e. The number of halogens is 1. The Hall–Kier alpha value is -4.24. The maximum absolute atomic E-state index is 13.1. The van der Waals surface area contributed by atoms with Crippen molar-refractivity contribution in [3.05, 3.63) is 82.4 Å². The van der Waals surface area contributed by atoms with Crippen molar-refractivity contribution in [2.45, 2.75) is 20.8 Å². The maximum atomic E-state index is 13.1. The SMILES string of the molecule is COc1ccc(Cl)cc1C(=O)Nc1cc(C)nn1-c1ncnc2c1cnn2-c1ccc(C)c(C)c1. The Morgan fingerprint density at radius 1 is 1.00 bits per heavy atom. The van der Waals surface area contributed by atoms with Gasteiger partial charge in [-0.1, -0.05) is 17.7 Å². The van der Waals surface area contributed by atoms with Crippen molar-refractivity contribution < 1.29 is 9.53 Å². The molecule has 0 radical (unpaired) electrons. The summed E-state index contributed by atoms with van der Waals surface area (Å²) in [5, 5.41) is 13.1. The van der Waals surface area contributed by atoms with E-state index in [1.54, 1.807) is 39.8 Å². The van der Waals surface area contributed by atoms with Crippen LogP contribution < -0.4 is 10.1 Å². The first-order valence-corrected chi connectivity index (χ1v) is 11.2. The number of nitrogens with one attached hydrogen (secondary N) is 1. The summed E-state index contributed by atoms with van der Waals surface area (Å²) in [7, 11) is 1.50. The highest BCUT2D eigenvalue weighted by atomic mass is 35.5. The van der Waals surface area contributed by atoms with E-state index in [1.807, 2.05) is 13.0 Å². The first kappa shape index (κ1) is 22.5. The van der Waals surface area contributed by atoms with Crippen LogP contribution in [0.4, 0.5) is 5.82 Å². The summed E-state index contributed by atoms with van der Waals surface area (Å²) in [6, 6.07) is 12.7. The molecule has 5 aromatic rings. The van der Waals surface area contributed by atoms with Crippen LogP contribution in [0.3, 0.4) is 0 Å². The molecule has 0 fully saturated rings. The van der Waals surface area contributed by atoms with Crippen molar-refractivity contribution in [2.75, 3.05) is 12.4 Å². The van der Waals surface area contributed by atoms with Gasteiger partial charge in [-0.15, -0.1) is 0 Å². The largest absolute Gasteiger partial charge is 0.496 e. The molecule has 0 aliphatic carbocycles. The normalized spacial score (nSPS) is 11.1. The highest BCUT2D eigenvalue weighted by molar-refractivity contribution is 6.31. The van der Waals surface area contributed by atoms with Crippen LogP contribution in [-0.2, 0) is 0 Å². The fourth-order valence-electron chi connectivity index (χ4n) is 3.84. The molecule has 176 valence electrons. The van der Waals surface area contributed by atoms with E-state index in [0.717, 1.165) is 11.3 Å². The van der Waals surface area contributed by atoms with E-state index in [1.165, 1.54) is 19.0 Å². The number of benzene rings is 2. The average Bonchev–Trinajstić information content (AvgIpc) is 3.44. The van der Waals surface area contributed by atoms with E-state index in [9.17, 15) is 4.79 Å². The zero-order valence-electron chi connectivity index (χ0n) is 19.6. The van der Waals surface area contributed by atoms with Gasteiger partial charge in [0.1, 0.15) is 17.9 Å². The molecule has 0 saturated heterocycles. The molecule has 1 amide bonds. The molecule has 0 saturated carbocycles. The molecule has 0 bridgehead atoms. The van der Waals surface area contributed by atoms with E-state index in [2.05, 4.69) is 51.5 Å². The lowest BCUT2D eigenvalue weighted by atomic mass is 10.1. The number of fused-ring (bicyclic) bond motifs is 1. The number of aromatic nitrogens is 6. The standard InChI is InChI=1S/C25H22ClN7O2/c1-14-5-7-18(9-15(14)2)32-23-20(12-29-32)24(28-13-27-23)33-22(10-16(3)31-33)30-25(34)19-11-17(26)6-8-21(19)35-4/h5-13H,1-4H3,(H,30,34). The highest BCUT2D eigenvalue weighted by Gasteiger charge is 2.20. The van der Waals surface area contributed by atoms with Crippen molar-refractivity contribution in [3.8, 4) is 17.3 Å². The molecule has 10 heteroatoms. The number of hydrogen-bond acceptors (Lipinski definition) is 6. The second kappa shape index (κ2) is 8.84. The molecule has 3 heterocycles. The van der Waals surface area contributed by atoms with Gasteiger partial charge in [-0.3, -0.25) is 4.79 Å². The third-order valence-electron chi connectivity index (χ3n) is 5.76. The fourth-order valence-corrected chi connectivity index (χ4v) is 4.01. The van der Waals surface area contributed by atoms with Crippen LogP contribution in [0.25, 0.3) is 22.5 Å². The van der Waals surface area contributed by atoms with Crippen molar-refractivity contribution in [1.82, 2.24) is 29.5 Å². The number of carbonyl (C=O) groups excluding carboxylic acids is 1. The quantitative estimate of drug-likeness (QED) is 0.380. The molecule has 35 heavy (non-hydrogen) atoms. The number of carbonyl (C=O) groups is 1. The lowest BCUT2D eigenvalue weighted by Gasteiger charge is -2.11. The second-order valence-electron chi connectivity index (χ2n) is 8.14. The summed E-state index contributed by atoms with van der Waals surface area (Å²) in [4.78, 5) is 22.0. The van der Waals surface area contributed by atoms with Crippen LogP contribution in [0.2, 0.25) is 5.02 Å². The molecular formula is C25H22ClN7O2. The topological polar surface area (TPSA) is 99.8 Å². The molecule has 1 N–H and O–H groups in total. The zero-order valence-corrected chi connectivity index (χ0v) is 20.3. The van der Waals surface area contributed by atoms with Gasteiger partial charge < -0.3 is 10.1 Å². The first-order chi connectivity index (χ1) is 16.9. The zero-order chi connectivity index (χ0) is 24.7. The van der Waals surface area contributed by atoms with Gasteiger partial charge in [0, 0.05) is 11.1 Å². The molecule has 9 nitrogen and oxygen atoms in total. The number of aryl methyl sites for hydroxylation is 3. The lowest BCUT2D eigenvalue weighted by Crippen LogP contribution is -2.16. The van der Waals surface area contributed by atoms with Gasteiger partial charge in [0.25, 0.3) is 5.91 Å². The summed E-state index contributed by atoms with van der Waals surface area (Å²) in [5.74, 6) is 0.954. The van der Waals surface area contributed by atoms with E-state index in [-0.39, 0.29) is 5.91 Å². The van der Waals surface area contributed by atoms with Crippen molar-refractivity contribution >= 4 is 34.4 Å². The lowest BCUT2D eigenvalue weighted by molar-refractivity contribution is 0.102. The Kier molecular flexibility index (Phi) is 5.70. The van der Waals surface area contributed by atoms with E-state index >= 15 is 0 Å². The Labute approximate surface area is 206 Å². The summed E-state index contributed by atoms with van der Waals surface area (Å²) >= 11 is 6.11. The number of methoxy groups -OCH3 is 1. The van der Waals surface area contributed by atoms with Crippen LogP contribution >= 0.6 is 11.6 Å². The number of ether oxygens (including phenoxy) is 1. The average molecular weight is 488 g/mol. The minimum Gasteiger partial charge on any atom is -0.496 e. The second-order valence-corrected chi connectivity index (χ2v) is 8.58. The molecule has 5 rings (SSSR count). The van der Waals surface area contributed by atoms with E-state index in [4.69, 9.17) is 16.3 Å². The van der Waals surface area contributed by atoms with Crippen molar-refractivity contribution in [3.63, 3.8) is 0 Å². The Morgan fingerprint density at radius 3 is 2.60 bits per heavy atom. The first-order valence-electron chi connectivity index (χ1n) is 10.8. The summed E-state index contributed by atoms with van der Waals surface area (Å²) in [6.07, 6.45) is 3.15. The van der Waals surface area contributed by atoms with Crippen molar-refractivity contribution in [1.29, 1.82) is 0 Å². The van der Waals surface area contributed by atoms with Gasteiger partial charge in [0.05, 0.1) is 35.6 Å². The van der Waals surface area contributed by atoms with Gasteiger partial charge in [-0.2, -0.15) is 14.9 Å². The Balaban J connectivity index is 1.57. The third-order valence-corrected chi connectivity index (χ3v) is 5.99. The van der Waals surface area contributed by atoms with Crippen LogP contribution in [-0.4, -0.2) is 42.5 Å². The van der Waals surface area contributed by atoms with Gasteiger partial charge in [-0.25, -0.2) is 14.6 Å². The monoisotopic (exact) mass is 487 g/mol. The third kappa shape index (κ3) is 4.10. The molecule has 0 atom stereocenters. The van der Waals surface area contributed by atoms with Crippen LogP contribution in [0, 0.1) is 20.8 Å². The molecule has 3 aromatic heterocycles. The molecular weight excluding hydrogens is 466 g/mol. The predicted octanol–water partition coefficient (Wildman–Crippen LogP) is 4.84. The van der Waals surface area contributed by atoms with E-state index in [0.29, 0.717) is 44.7 Å². The van der Waals surface area contributed by atoms with Crippen LogP contribution in [0.15, 0.2) is 55.0 Å². The number of anilines is 1. The predicted molar refractivity (Wildman–Crippen MR) is 134 cm³/mol. The molecule has 0 unspecified atom stereocenters. The van der Waals surface area contributed by atoms with Crippen LogP contribution in [0.5, 0.6) is 5.75 Å². The van der Waals surface area contributed by atoms with Gasteiger partial charge >= 0.3 is 0 Å². The molecule has 0 aliphatic rings. The summed E-state index contributed by atoms with van der Waals surface area (Å²) < 4.78 is 8.66. The summed E-state index contributed by atoms with van der Waals surface area (Å²) in [6.45, 7) is 5.96. The minimum absolute atomic E-state index is 0.306. The van der Waals surface area contributed by atoms with Gasteiger partial charge in [0.2, 0.25) is 0 Å². The number of hydrogen-bond donors (Lipinski definition) is 1. The fraction of sp³-hybridized carbons (Fsp3) is 0.160. The number of amides is 1. The van der Waals surface area contributed by atoms with Gasteiger partial charge in [0.15, 0.2) is 11.5 Å². The molecule has 0 spiro atoms. The Morgan fingerprint density at radius 2 is 1.83 bits per heavy atom. The van der Waals surface area contributed by atoms with E-state index < -0.39 is 0 Å². The number of rotatable bonds is 5. The molecule has 2 aromatic carbocycles. The Bertz CT molecular complexity index is 1590.